The number of hydrogen-bond acceptors (Lipinski definition) is 1. The fourth-order valence-electron chi connectivity index (χ4n) is 3.14. The van der Waals surface area contributed by atoms with Crippen LogP contribution in [0, 0.1) is 5.82 Å². The van der Waals surface area contributed by atoms with Crippen molar-refractivity contribution in [3.05, 3.63) is 29.6 Å². The zero-order chi connectivity index (χ0) is 13.3. The average molecular weight is 249 g/mol. The number of amides is 1. The van der Waals surface area contributed by atoms with Crippen molar-refractivity contribution in [1.82, 2.24) is 0 Å². The van der Waals surface area contributed by atoms with Gasteiger partial charge in [-0.15, -0.1) is 0 Å². The van der Waals surface area contributed by atoms with Gasteiger partial charge in [0, 0.05) is 6.54 Å². The Morgan fingerprint density at radius 3 is 2.56 bits per heavy atom. The highest BCUT2D eigenvalue weighted by atomic mass is 19.1. The van der Waals surface area contributed by atoms with Crippen molar-refractivity contribution >= 4 is 11.6 Å². The molecule has 1 aromatic carbocycles. The SMILES string of the molecule is CCCC1(CC)C(=O)N(CC)c2c(F)cccc21. The summed E-state index contributed by atoms with van der Waals surface area (Å²) in [5.41, 5.74) is 0.862. The molecule has 1 amide bonds. The first-order valence-electron chi connectivity index (χ1n) is 6.73. The second kappa shape index (κ2) is 4.71. The number of likely N-dealkylation sites (N-methyl/N-ethyl adjacent to an activating group) is 1. The summed E-state index contributed by atoms with van der Waals surface area (Å²) in [5, 5.41) is 0. The van der Waals surface area contributed by atoms with E-state index in [0.29, 0.717) is 12.2 Å². The molecule has 1 aromatic rings. The summed E-state index contributed by atoms with van der Waals surface area (Å²) in [6.45, 7) is 6.50. The molecule has 1 heterocycles. The molecule has 3 heteroatoms. The van der Waals surface area contributed by atoms with Crippen LogP contribution in [0.25, 0.3) is 0 Å². The molecule has 0 spiro atoms. The molecule has 0 bridgehead atoms. The molecule has 0 saturated heterocycles. The summed E-state index contributed by atoms with van der Waals surface area (Å²) in [5.74, 6) is -0.219. The van der Waals surface area contributed by atoms with Gasteiger partial charge in [-0.25, -0.2) is 4.39 Å². The molecule has 98 valence electrons. The van der Waals surface area contributed by atoms with Crippen LogP contribution in [-0.2, 0) is 10.2 Å². The summed E-state index contributed by atoms with van der Waals surface area (Å²) < 4.78 is 14.0. The van der Waals surface area contributed by atoms with Gasteiger partial charge in [0.15, 0.2) is 0 Å². The van der Waals surface area contributed by atoms with Crippen LogP contribution < -0.4 is 4.90 Å². The molecule has 1 aliphatic rings. The molecule has 1 aliphatic heterocycles. The molecule has 1 atom stereocenters. The minimum Gasteiger partial charge on any atom is -0.309 e. The van der Waals surface area contributed by atoms with E-state index in [0.717, 1.165) is 24.8 Å². The highest BCUT2D eigenvalue weighted by Crippen LogP contribution is 2.47. The van der Waals surface area contributed by atoms with Crippen molar-refractivity contribution < 1.29 is 9.18 Å². The van der Waals surface area contributed by atoms with Crippen LogP contribution in [-0.4, -0.2) is 12.5 Å². The topological polar surface area (TPSA) is 20.3 Å². The smallest absolute Gasteiger partial charge is 0.237 e. The maximum atomic E-state index is 14.0. The number of para-hydroxylation sites is 1. The monoisotopic (exact) mass is 249 g/mol. The maximum absolute atomic E-state index is 14.0. The summed E-state index contributed by atoms with van der Waals surface area (Å²) in [7, 11) is 0. The molecule has 0 N–H and O–H groups in total. The van der Waals surface area contributed by atoms with E-state index in [1.54, 1.807) is 11.0 Å². The van der Waals surface area contributed by atoms with Crippen LogP contribution >= 0.6 is 0 Å². The van der Waals surface area contributed by atoms with E-state index in [1.165, 1.54) is 6.07 Å². The number of rotatable bonds is 4. The Bertz CT molecular complexity index is 472. The molecular formula is C15H20FNO. The van der Waals surface area contributed by atoms with E-state index >= 15 is 0 Å². The number of carbonyl (C=O) groups is 1. The Hall–Kier alpha value is -1.38. The zero-order valence-electron chi connectivity index (χ0n) is 11.3. The van der Waals surface area contributed by atoms with E-state index in [9.17, 15) is 9.18 Å². The van der Waals surface area contributed by atoms with Gasteiger partial charge in [0.2, 0.25) is 5.91 Å². The fraction of sp³-hybridized carbons (Fsp3) is 0.533. The number of nitrogens with zero attached hydrogens (tertiary/aromatic N) is 1. The lowest BCUT2D eigenvalue weighted by atomic mass is 9.75. The Morgan fingerprint density at radius 2 is 2.00 bits per heavy atom. The van der Waals surface area contributed by atoms with Gasteiger partial charge in [-0.05, 0) is 31.4 Å². The standard InChI is InChI=1S/C15H20FNO/c1-4-10-15(5-2)11-8-7-9-12(16)13(11)17(6-3)14(15)18/h7-9H,4-6,10H2,1-3H3. The van der Waals surface area contributed by atoms with Crippen LogP contribution in [0.4, 0.5) is 10.1 Å². The van der Waals surface area contributed by atoms with Gasteiger partial charge < -0.3 is 4.90 Å². The molecule has 1 unspecified atom stereocenters. The zero-order valence-corrected chi connectivity index (χ0v) is 11.3. The lowest BCUT2D eigenvalue weighted by Crippen LogP contribution is -2.39. The fourth-order valence-corrected chi connectivity index (χ4v) is 3.14. The van der Waals surface area contributed by atoms with E-state index < -0.39 is 5.41 Å². The Morgan fingerprint density at radius 1 is 1.28 bits per heavy atom. The minimum absolute atomic E-state index is 0.0643. The average Bonchev–Trinajstić information content (AvgIpc) is 2.61. The van der Waals surface area contributed by atoms with E-state index in [2.05, 4.69) is 6.92 Å². The van der Waals surface area contributed by atoms with Gasteiger partial charge in [-0.1, -0.05) is 32.4 Å². The number of hydrogen-bond donors (Lipinski definition) is 0. The normalized spacial score (nSPS) is 22.4. The van der Waals surface area contributed by atoms with Gasteiger partial charge >= 0.3 is 0 Å². The van der Waals surface area contributed by atoms with Crippen molar-refractivity contribution in [3.8, 4) is 0 Å². The summed E-state index contributed by atoms with van der Waals surface area (Å²) in [6, 6.07) is 5.05. The van der Waals surface area contributed by atoms with E-state index in [1.807, 2.05) is 19.9 Å². The first kappa shape index (κ1) is 13.1. The van der Waals surface area contributed by atoms with Crippen LogP contribution in [0.2, 0.25) is 0 Å². The number of fused-ring (bicyclic) bond motifs is 1. The third-order valence-corrected chi connectivity index (χ3v) is 4.02. The molecule has 2 rings (SSSR count). The Kier molecular flexibility index (Phi) is 3.42. The first-order valence-corrected chi connectivity index (χ1v) is 6.73. The summed E-state index contributed by atoms with van der Waals surface area (Å²) in [4.78, 5) is 14.2. The number of halogens is 1. The Labute approximate surface area is 108 Å². The molecule has 0 aliphatic carbocycles. The van der Waals surface area contributed by atoms with Crippen LogP contribution in [0.5, 0.6) is 0 Å². The van der Waals surface area contributed by atoms with Crippen LogP contribution in [0.15, 0.2) is 18.2 Å². The van der Waals surface area contributed by atoms with Gasteiger partial charge in [-0.3, -0.25) is 4.79 Å². The summed E-state index contributed by atoms with van der Waals surface area (Å²) >= 11 is 0. The molecule has 0 fully saturated rings. The van der Waals surface area contributed by atoms with Gasteiger partial charge in [-0.2, -0.15) is 0 Å². The van der Waals surface area contributed by atoms with Gasteiger partial charge in [0.1, 0.15) is 5.82 Å². The number of carbonyl (C=O) groups excluding carboxylic acids is 1. The number of anilines is 1. The van der Waals surface area contributed by atoms with Crippen molar-refractivity contribution in [2.24, 2.45) is 0 Å². The van der Waals surface area contributed by atoms with Gasteiger partial charge in [0.05, 0.1) is 11.1 Å². The van der Waals surface area contributed by atoms with E-state index in [-0.39, 0.29) is 11.7 Å². The lowest BCUT2D eigenvalue weighted by Gasteiger charge is -2.26. The third-order valence-electron chi connectivity index (χ3n) is 4.02. The van der Waals surface area contributed by atoms with Crippen molar-refractivity contribution in [2.45, 2.75) is 45.4 Å². The van der Waals surface area contributed by atoms with Crippen molar-refractivity contribution in [2.75, 3.05) is 11.4 Å². The largest absolute Gasteiger partial charge is 0.309 e. The molecule has 18 heavy (non-hydrogen) atoms. The van der Waals surface area contributed by atoms with Crippen LogP contribution in [0.3, 0.4) is 0 Å². The maximum Gasteiger partial charge on any atom is 0.237 e. The van der Waals surface area contributed by atoms with Gasteiger partial charge in [0.25, 0.3) is 0 Å². The van der Waals surface area contributed by atoms with Crippen LogP contribution in [0.1, 0.15) is 45.6 Å². The minimum atomic E-state index is -0.512. The second-order valence-corrected chi connectivity index (χ2v) is 4.87. The van der Waals surface area contributed by atoms with E-state index in [4.69, 9.17) is 0 Å². The lowest BCUT2D eigenvalue weighted by molar-refractivity contribution is -0.123. The third kappa shape index (κ3) is 1.57. The quantitative estimate of drug-likeness (QED) is 0.797. The predicted molar refractivity (Wildman–Crippen MR) is 71.3 cm³/mol. The predicted octanol–water partition coefficient (Wildman–Crippen LogP) is 3.64. The first-order chi connectivity index (χ1) is 8.62. The highest BCUT2D eigenvalue weighted by molar-refractivity contribution is 6.08. The van der Waals surface area contributed by atoms with Crippen molar-refractivity contribution in [1.29, 1.82) is 0 Å². The molecule has 0 aromatic heterocycles. The number of benzene rings is 1. The second-order valence-electron chi connectivity index (χ2n) is 4.87. The van der Waals surface area contributed by atoms with Crippen molar-refractivity contribution in [3.63, 3.8) is 0 Å². The molecule has 0 saturated carbocycles. The Balaban J connectivity index is 2.66. The molecule has 0 radical (unpaired) electrons. The highest BCUT2D eigenvalue weighted by Gasteiger charge is 2.49. The molecule has 2 nitrogen and oxygen atoms in total. The molecular weight excluding hydrogens is 229 g/mol. The summed E-state index contributed by atoms with van der Waals surface area (Å²) in [6.07, 6.45) is 2.44.